The number of rotatable bonds is 9. The van der Waals surface area contributed by atoms with Gasteiger partial charge in [0.15, 0.2) is 0 Å². The standard InChI is InChI=1S/C24H27N9O2S/c1-33(2)24(34)14-5-6-16-20(10-14)36-23-21(16)22(26-13-27-23)30-18-9-15-12-29-31-17(15)11-19(18)35-8-4-3-7-28-32-25/h9,11-14H,3-8,10H2,1-2H3,(H,29,31)(H,26,27,30). The van der Waals surface area contributed by atoms with Crippen LogP contribution >= 0.6 is 11.3 Å². The number of hydrogen-bond acceptors (Lipinski definition) is 8. The first-order valence-corrected chi connectivity index (χ1v) is 12.7. The van der Waals surface area contributed by atoms with Crippen molar-refractivity contribution in [2.75, 3.05) is 32.6 Å². The zero-order valence-corrected chi connectivity index (χ0v) is 21.0. The van der Waals surface area contributed by atoms with Crippen molar-refractivity contribution in [2.45, 2.75) is 32.1 Å². The molecule has 1 atom stereocenters. The summed E-state index contributed by atoms with van der Waals surface area (Å²) in [4.78, 5) is 28.3. The Bertz CT molecular complexity index is 1450. The number of thiophene rings is 1. The maximum Gasteiger partial charge on any atom is 0.225 e. The van der Waals surface area contributed by atoms with E-state index in [9.17, 15) is 4.79 Å². The summed E-state index contributed by atoms with van der Waals surface area (Å²) in [6.45, 7) is 0.942. The summed E-state index contributed by atoms with van der Waals surface area (Å²) < 4.78 is 6.11. The number of fused-ring (bicyclic) bond motifs is 4. The molecule has 0 aliphatic heterocycles. The van der Waals surface area contributed by atoms with Crippen molar-refractivity contribution in [3.05, 3.63) is 45.5 Å². The fourth-order valence-corrected chi connectivity index (χ4v) is 5.88. The summed E-state index contributed by atoms with van der Waals surface area (Å²) in [6, 6.07) is 3.92. The highest BCUT2D eigenvalue weighted by atomic mass is 32.1. The van der Waals surface area contributed by atoms with Gasteiger partial charge in [0.25, 0.3) is 0 Å². The number of aromatic nitrogens is 4. The Morgan fingerprint density at radius 3 is 3.08 bits per heavy atom. The molecule has 1 aromatic carbocycles. The topological polar surface area (TPSA) is 145 Å². The highest BCUT2D eigenvalue weighted by Crippen LogP contribution is 2.42. The summed E-state index contributed by atoms with van der Waals surface area (Å²) in [5.74, 6) is 1.60. The first kappa shape index (κ1) is 23.8. The van der Waals surface area contributed by atoms with Crippen LogP contribution < -0.4 is 10.1 Å². The molecule has 0 bridgehead atoms. The smallest absolute Gasteiger partial charge is 0.225 e. The van der Waals surface area contributed by atoms with E-state index < -0.39 is 0 Å². The summed E-state index contributed by atoms with van der Waals surface area (Å²) in [5, 5.41) is 16.2. The summed E-state index contributed by atoms with van der Waals surface area (Å²) >= 11 is 1.65. The van der Waals surface area contributed by atoms with Crippen LogP contribution in [0.15, 0.2) is 29.8 Å². The maximum atomic E-state index is 12.6. The molecule has 4 aromatic rings. The second-order valence-corrected chi connectivity index (χ2v) is 10.1. The number of ether oxygens (including phenoxy) is 1. The number of aryl methyl sites for hydroxylation is 1. The minimum Gasteiger partial charge on any atom is -0.491 e. The van der Waals surface area contributed by atoms with Gasteiger partial charge in [0.05, 0.1) is 29.4 Å². The van der Waals surface area contributed by atoms with Crippen LogP contribution in [0.3, 0.4) is 0 Å². The van der Waals surface area contributed by atoms with Gasteiger partial charge in [-0.1, -0.05) is 5.11 Å². The van der Waals surface area contributed by atoms with Crippen molar-refractivity contribution in [1.29, 1.82) is 0 Å². The number of azide groups is 1. The second-order valence-electron chi connectivity index (χ2n) is 9.02. The Balaban J connectivity index is 1.43. The number of hydrogen-bond donors (Lipinski definition) is 2. The van der Waals surface area contributed by atoms with Crippen LogP contribution in [0.2, 0.25) is 0 Å². The third kappa shape index (κ3) is 4.77. The van der Waals surface area contributed by atoms with Crippen molar-refractivity contribution in [1.82, 2.24) is 25.1 Å². The van der Waals surface area contributed by atoms with Gasteiger partial charge < -0.3 is 15.0 Å². The van der Waals surface area contributed by atoms with Gasteiger partial charge in [-0.25, -0.2) is 9.97 Å². The zero-order valence-electron chi connectivity index (χ0n) is 20.2. The number of carbonyl (C=O) groups is 1. The molecule has 3 aromatic heterocycles. The molecule has 186 valence electrons. The third-order valence-corrected chi connectivity index (χ3v) is 7.56. The molecule has 1 aliphatic rings. The number of anilines is 2. The molecule has 0 fully saturated rings. The number of nitrogens with zero attached hydrogens (tertiary/aromatic N) is 7. The quantitative estimate of drug-likeness (QED) is 0.142. The lowest BCUT2D eigenvalue weighted by atomic mass is 9.87. The summed E-state index contributed by atoms with van der Waals surface area (Å²) in [6.07, 6.45) is 7.23. The maximum absolute atomic E-state index is 12.6. The molecule has 36 heavy (non-hydrogen) atoms. The lowest BCUT2D eigenvalue weighted by molar-refractivity contribution is -0.133. The van der Waals surface area contributed by atoms with Crippen molar-refractivity contribution >= 4 is 49.9 Å². The first-order valence-electron chi connectivity index (χ1n) is 11.9. The van der Waals surface area contributed by atoms with Gasteiger partial charge in [0, 0.05) is 47.8 Å². The minimum atomic E-state index is 0.00674. The highest BCUT2D eigenvalue weighted by Gasteiger charge is 2.30. The molecule has 5 rings (SSSR count). The molecule has 2 N–H and O–H groups in total. The molecular weight excluding hydrogens is 478 g/mol. The van der Waals surface area contributed by atoms with E-state index in [0.29, 0.717) is 18.9 Å². The van der Waals surface area contributed by atoms with Crippen LogP contribution in [0.4, 0.5) is 11.5 Å². The van der Waals surface area contributed by atoms with Crippen molar-refractivity contribution in [3.8, 4) is 5.75 Å². The van der Waals surface area contributed by atoms with Gasteiger partial charge in [-0.05, 0) is 49.3 Å². The van der Waals surface area contributed by atoms with E-state index in [1.807, 2.05) is 26.2 Å². The van der Waals surface area contributed by atoms with Crippen LogP contribution in [0.1, 0.15) is 29.7 Å². The monoisotopic (exact) mass is 505 g/mol. The largest absolute Gasteiger partial charge is 0.491 e. The number of aromatic amines is 1. The number of H-pyrrole nitrogens is 1. The molecule has 11 nitrogen and oxygen atoms in total. The van der Waals surface area contributed by atoms with E-state index in [-0.39, 0.29) is 11.8 Å². The molecule has 0 saturated heterocycles. The Labute approximate surface area is 211 Å². The minimum absolute atomic E-state index is 0.00674. The number of benzene rings is 1. The average Bonchev–Trinajstić information content (AvgIpc) is 3.49. The Hall–Kier alpha value is -3.89. The Kier molecular flexibility index (Phi) is 6.88. The van der Waals surface area contributed by atoms with E-state index in [1.165, 1.54) is 10.4 Å². The molecule has 1 amide bonds. The lowest BCUT2D eigenvalue weighted by Gasteiger charge is -2.24. The molecule has 1 aliphatic carbocycles. The van der Waals surface area contributed by atoms with Crippen LogP contribution in [-0.2, 0) is 17.6 Å². The van der Waals surface area contributed by atoms with Gasteiger partial charge in [0.2, 0.25) is 5.91 Å². The highest BCUT2D eigenvalue weighted by molar-refractivity contribution is 7.19. The van der Waals surface area contributed by atoms with E-state index in [4.69, 9.17) is 10.3 Å². The third-order valence-electron chi connectivity index (χ3n) is 6.40. The van der Waals surface area contributed by atoms with Gasteiger partial charge >= 0.3 is 0 Å². The van der Waals surface area contributed by atoms with Crippen LogP contribution in [-0.4, -0.2) is 58.2 Å². The SMILES string of the molecule is CN(C)C(=O)C1CCc2c(sc3ncnc(Nc4cc5cn[nH]c5cc4OCCCCN=[N+]=[N-])c23)C1. The van der Waals surface area contributed by atoms with Crippen molar-refractivity contribution < 1.29 is 9.53 Å². The molecule has 3 heterocycles. The molecule has 1 unspecified atom stereocenters. The number of amides is 1. The first-order chi connectivity index (χ1) is 17.5. The van der Waals surface area contributed by atoms with E-state index >= 15 is 0 Å². The second kappa shape index (κ2) is 10.4. The number of carbonyl (C=O) groups excluding carboxylic acids is 1. The Morgan fingerprint density at radius 2 is 2.25 bits per heavy atom. The molecule has 0 spiro atoms. The normalized spacial score (nSPS) is 14.9. The molecule has 0 saturated carbocycles. The number of nitrogens with one attached hydrogen (secondary N) is 2. The fourth-order valence-electron chi connectivity index (χ4n) is 4.61. The predicted molar refractivity (Wildman–Crippen MR) is 140 cm³/mol. The van der Waals surface area contributed by atoms with E-state index in [1.54, 1.807) is 28.8 Å². The van der Waals surface area contributed by atoms with E-state index in [2.05, 4.69) is 35.5 Å². The summed E-state index contributed by atoms with van der Waals surface area (Å²) in [5.41, 5.74) is 11.3. The Morgan fingerprint density at radius 1 is 1.36 bits per heavy atom. The van der Waals surface area contributed by atoms with Crippen molar-refractivity contribution in [2.24, 2.45) is 11.0 Å². The fraction of sp³-hybridized carbons (Fsp3) is 0.417. The molecule has 0 radical (unpaired) electrons. The van der Waals surface area contributed by atoms with Gasteiger partial charge in [0.1, 0.15) is 22.7 Å². The van der Waals surface area contributed by atoms with Crippen molar-refractivity contribution in [3.63, 3.8) is 0 Å². The van der Waals surface area contributed by atoms with Crippen LogP contribution in [0, 0.1) is 5.92 Å². The van der Waals surface area contributed by atoms with Crippen LogP contribution in [0.25, 0.3) is 31.6 Å². The number of unbranched alkanes of at least 4 members (excludes halogenated alkanes) is 1. The van der Waals surface area contributed by atoms with E-state index in [0.717, 1.165) is 64.7 Å². The molecule has 12 heteroatoms. The van der Waals surface area contributed by atoms with Gasteiger partial charge in [-0.15, -0.1) is 11.3 Å². The summed E-state index contributed by atoms with van der Waals surface area (Å²) in [7, 11) is 3.63. The molecular formula is C24H27N9O2S. The predicted octanol–water partition coefficient (Wildman–Crippen LogP) is 4.97. The van der Waals surface area contributed by atoms with Crippen LogP contribution in [0.5, 0.6) is 5.75 Å². The lowest BCUT2D eigenvalue weighted by Crippen LogP contribution is -2.32. The zero-order chi connectivity index (χ0) is 25.1. The van der Waals surface area contributed by atoms with Gasteiger partial charge in [-0.3, -0.25) is 9.89 Å². The average molecular weight is 506 g/mol. The van der Waals surface area contributed by atoms with Gasteiger partial charge in [-0.2, -0.15) is 5.10 Å².